The fourth-order valence-electron chi connectivity index (χ4n) is 4.88. The fourth-order valence-corrected chi connectivity index (χ4v) is 4.88. The van der Waals surface area contributed by atoms with E-state index in [4.69, 9.17) is 4.74 Å². The van der Waals surface area contributed by atoms with Crippen LogP contribution >= 0.6 is 0 Å². The van der Waals surface area contributed by atoms with Gasteiger partial charge in [-0.15, -0.1) is 0 Å². The molecular weight excluding hydrogens is 316 g/mol. The summed E-state index contributed by atoms with van der Waals surface area (Å²) in [4.78, 5) is 8.96. The number of aryl methyl sites for hydroxylation is 2. The molecule has 1 aliphatic carbocycles. The molecule has 0 spiro atoms. The van der Waals surface area contributed by atoms with Gasteiger partial charge < -0.3 is 15.4 Å². The molecule has 0 radical (unpaired) electrons. The van der Waals surface area contributed by atoms with E-state index in [0.29, 0.717) is 24.1 Å². The minimum atomic E-state index is 0.144. The molecule has 0 amide bonds. The van der Waals surface area contributed by atoms with E-state index in [9.17, 15) is 0 Å². The highest BCUT2D eigenvalue weighted by Gasteiger charge is 2.58. The molecule has 4 unspecified atom stereocenters. The highest BCUT2D eigenvalue weighted by atomic mass is 16.5. The van der Waals surface area contributed by atoms with Crippen LogP contribution in [0.15, 0.2) is 4.99 Å². The number of ether oxygens (including phenoxy) is 1. The lowest BCUT2D eigenvalue weighted by Crippen LogP contribution is -2.71. The van der Waals surface area contributed by atoms with E-state index < -0.39 is 0 Å². The Kier molecular flexibility index (Phi) is 4.22. The highest BCUT2D eigenvalue weighted by molar-refractivity contribution is 5.80. The van der Waals surface area contributed by atoms with Crippen molar-refractivity contribution >= 4 is 5.96 Å². The van der Waals surface area contributed by atoms with E-state index >= 15 is 0 Å². The summed E-state index contributed by atoms with van der Waals surface area (Å²) in [6.45, 7) is 8.31. The Balaban J connectivity index is 1.39. The lowest BCUT2D eigenvalue weighted by Gasteiger charge is -2.60. The van der Waals surface area contributed by atoms with E-state index in [2.05, 4.69) is 39.6 Å². The zero-order chi connectivity index (χ0) is 17.6. The van der Waals surface area contributed by atoms with Gasteiger partial charge in [0, 0.05) is 43.5 Å². The monoisotopic (exact) mass is 346 g/mol. The predicted octanol–water partition coefficient (Wildman–Crippen LogP) is 1.27. The Bertz CT molecular complexity index is 667. The van der Waals surface area contributed by atoms with Crippen molar-refractivity contribution in [2.45, 2.75) is 71.2 Å². The Hall–Kier alpha value is -1.63. The quantitative estimate of drug-likeness (QED) is 0.623. The van der Waals surface area contributed by atoms with E-state index in [-0.39, 0.29) is 5.41 Å². The van der Waals surface area contributed by atoms with E-state index in [1.165, 1.54) is 12.8 Å². The molecule has 2 aliphatic heterocycles. The Morgan fingerprint density at radius 1 is 1.32 bits per heavy atom. The second-order valence-electron chi connectivity index (χ2n) is 8.25. The molecule has 1 aromatic heterocycles. The third-order valence-electron chi connectivity index (χ3n) is 6.15. The maximum absolute atomic E-state index is 6.01. The summed E-state index contributed by atoms with van der Waals surface area (Å²) in [5.74, 6) is 3.45. The summed E-state index contributed by atoms with van der Waals surface area (Å²) < 4.78 is 8.04. The minimum absolute atomic E-state index is 0.144. The molecule has 3 aliphatic rings. The number of rotatable bonds is 2. The Labute approximate surface area is 149 Å². The molecule has 2 fully saturated rings. The summed E-state index contributed by atoms with van der Waals surface area (Å²) in [6.07, 6.45) is 4.81. The van der Waals surface area contributed by atoms with Gasteiger partial charge in [-0.25, -0.2) is 9.67 Å². The first kappa shape index (κ1) is 16.8. The molecular formula is C18H30N6O. The summed E-state index contributed by atoms with van der Waals surface area (Å²) in [6, 6.07) is 0.748. The van der Waals surface area contributed by atoms with Gasteiger partial charge in [0.1, 0.15) is 11.6 Å². The Morgan fingerprint density at radius 3 is 2.96 bits per heavy atom. The van der Waals surface area contributed by atoms with Gasteiger partial charge in [0.25, 0.3) is 0 Å². The Morgan fingerprint density at radius 2 is 2.16 bits per heavy atom. The second kappa shape index (κ2) is 6.27. The summed E-state index contributed by atoms with van der Waals surface area (Å²) in [7, 11) is 1.85. The number of nitrogens with zero attached hydrogens (tertiary/aromatic N) is 4. The standard InChI is InChI=1S/C18H30N6O/c1-11-20-14-8-7-12(10-24(14)23-11)21-17(19-4)22-15-13-6-5-9-25-16(13)18(15,2)3/h12-13,15-16H,5-10H2,1-4H3,(H2,19,21,22). The maximum atomic E-state index is 6.01. The minimum Gasteiger partial charge on any atom is -0.377 e. The van der Waals surface area contributed by atoms with Gasteiger partial charge in [0.2, 0.25) is 0 Å². The molecule has 1 saturated carbocycles. The van der Waals surface area contributed by atoms with Crippen LogP contribution in [0.2, 0.25) is 0 Å². The van der Waals surface area contributed by atoms with Gasteiger partial charge in [-0.05, 0) is 26.2 Å². The van der Waals surface area contributed by atoms with Crippen LogP contribution in [-0.2, 0) is 17.7 Å². The number of nitrogens with one attached hydrogen (secondary N) is 2. The van der Waals surface area contributed by atoms with Crippen molar-refractivity contribution in [1.82, 2.24) is 25.4 Å². The first-order chi connectivity index (χ1) is 12.0. The molecule has 0 bridgehead atoms. The number of fused-ring (bicyclic) bond motifs is 2. The van der Waals surface area contributed by atoms with Gasteiger partial charge in [-0.3, -0.25) is 4.99 Å². The molecule has 4 atom stereocenters. The molecule has 1 aromatic rings. The average molecular weight is 346 g/mol. The summed E-state index contributed by atoms with van der Waals surface area (Å²) in [5, 5.41) is 11.8. The van der Waals surface area contributed by atoms with Crippen LogP contribution in [0.25, 0.3) is 0 Å². The van der Waals surface area contributed by atoms with Crippen LogP contribution in [0.5, 0.6) is 0 Å². The first-order valence-corrected chi connectivity index (χ1v) is 9.51. The second-order valence-corrected chi connectivity index (χ2v) is 8.25. The lowest BCUT2D eigenvalue weighted by molar-refractivity contribution is -0.188. The van der Waals surface area contributed by atoms with Crippen molar-refractivity contribution in [3.8, 4) is 0 Å². The number of aliphatic imine (C=N–C) groups is 1. The smallest absolute Gasteiger partial charge is 0.191 e. The molecule has 25 heavy (non-hydrogen) atoms. The maximum Gasteiger partial charge on any atom is 0.191 e. The number of aromatic nitrogens is 3. The zero-order valence-electron chi connectivity index (χ0n) is 15.7. The predicted molar refractivity (Wildman–Crippen MR) is 96.5 cm³/mol. The van der Waals surface area contributed by atoms with Gasteiger partial charge in [-0.2, -0.15) is 5.10 Å². The van der Waals surface area contributed by atoms with E-state index in [1.54, 1.807) is 0 Å². The third kappa shape index (κ3) is 2.92. The SMILES string of the molecule is CN=C(NC1CCc2nc(C)nn2C1)NC1C2CCCOC2C1(C)C. The van der Waals surface area contributed by atoms with Gasteiger partial charge >= 0.3 is 0 Å². The molecule has 138 valence electrons. The molecule has 0 aromatic carbocycles. The van der Waals surface area contributed by atoms with Gasteiger partial charge in [0.15, 0.2) is 5.96 Å². The van der Waals surface area contributed by atoms with Crippen LogP contribution in [0, 0.1) is 18.3 Å². The normalized spacial score (nSPS) is 33.8. The van der Waals surface area contributed by atoms with Crippen LogP contribution in [0.3, 0.4) is 0 Å². The van der Waals surface area contributed by atoms with Crippen molar-refractivity contribution < 1.29 is 4.74 Å². The first-order valence-electron chi connectivity index (χ1n) is 9.51. The molecule has 3 heterocycles. The lowest BCUT2D eigenvalue weighted by atomic mass is 9.55. The van der Waals surface area contributed by atoms with Crippen molar-refractivity contribution in [2.75, 3.05) is 13.7 Å². The molecule has 1 saturated heterocycles. The largest absolute Gasteiger partial charge is 0.377 e. The fraction of sp³-hybridized carbons (Fsp3) is 0.833. The highest BCUT2D eigenvalue weighted by Crippen LogP contribution is 2.51. The van der Waals surface area contributed by atoms with Crippen LogP contribution in [0.4, 0.5) is 0 Å². The van der Waals surface area contributed by atoms with Crippen molar-refractivity contribution in [3.63, 3.8) is 0 Å². The number of hydrogen-bond acceptors (Lipinski definition) is 4. The summed E-state index contributed by atoms with van der Waals surface area (Å²) in [5.41, 5.74) is 0.144. The van der Waals surface area contributed by atoms with Crippen LogP contribution in [0.1, 0.15) is 44.8 Å². The molecule has 4 rings (SSSR count). The van der Waals surface area contributed by atoms with E-state index in [1.807, 2.05) is 18.7 Å². The average Bonchev–Trinajstić information content (AvgIpc) is 2.97. The van der Waals surface area contributed by atoms with Crippen molar-refractivity contribution in [3.05, 3.63) is 11.6 Å². The van der Waals surface area contributed by atoms with Gasteiger partial charge in [-0.1, -0.05) is 13.8 Å². The third-order valence-corrected chi connectivity index (χ3v) is 6.15. The van der Waals surface area contributed by atoms with Crippen LogP contribution < -0.4 is 10.6 Å². The van der Waals surface area contributed by atoms with Crippen molar-refractivity contribution in [2.24, 2.45) is 16.3 Å². The molecule has 7 nitrogen and oxygen atoms in total. The van der Waals surface area contributed by atoms with E-state index in [0.717, 1.165) is 43.6 Å². The summed E-state index contributed by atoms with van der Waals surface area (Å²) >= 11 is 0. The number of guanidine groups is 1. The molecule has 2 N–H and O–H groups in total. The zero-order valence-corrected chi connectivity index (χ0v) is 15.7. The van der Waals surface area contributed by atoms with Crippen molar-refractivity contribution in [1.29, 1.82) is 0 Å². The van der Waals surface area contributed by atoms with Crippen LogP contribution in [-0.4, -0.2) is 52.6 Å². The topological polar surface area (TPSA) is 76.4 Å². The van der Waals surface area contributed by atoms with Gasteiger partial charge in [0.05, 0.1) is 12.6 Å². The number of hydrogen-bond donors (Lipinski definition) is 2. The molecule has 7 heteroatoms.